The first-order chi connectivity index (χ1) is 10.2. The molecule has 0 saturated heterocycles. The number of nitrogens with zero attached hydrogens (tertiary/aromatic N) is 1. The molecule has 104 valence electrons. The van der Waals surface area contributed by atoms with E-state index in [1.165, 1.54) is 11.8 Å². The van der Waals surface area contributed by atoms with Crippen LogP contribution in [0.15, 0.2) is 58.5 Å². The number of fused-ring (bicyclic) bond motifs is 1. The molecule has 0 aliphatic rings. The van der Waals surface area contributed by atoms with Gasteiger partial charge >= 0.3 is 0 Å². The van der Waals surface area contributed by atoms with E-state index in [0.29, 0.717) is 5.56 Å². The number of nitriles is 1. The van der Waals surface area contributed by atoms with Crippen molar-refractivity contribution in [2.45, 2.75) is 22.9 Å². The number of aromatic nitrogens is 1. The van der Waals surface area contributed by atoms with E-state index in [9.17, 15) is 5.11 Å². The molecule has 1 atom stereocenters. The Morgan fingerprint density at radius 3 is 2.71 bits per heavy atom. The van der Waals surface area contributed by atoms with Gasteiger partial charge in [-0.05, 0) is 36.8 Å². The van der Waals surface area contributed by atoms with E-state index in [4.69, 9.17) is 5.26 Å². The SMILES string of the molecule is C[C@@H](O)c1ccc(C#N)cc1Sc1cc2ccccc2[nH]1. The molecular formula is C17H14N2OS. The van der Waals surface area contributed by atoms with E-state index >= 15 is 0 Å². The summed E-state index contributed by atoms with van der Waals surface area (Å²) in [7, 11) is 0. The summed E-state index contributed by atoms with van der Waals surface area (Å²) >= 11 is 1.53. The second-order valence-electron chi connectivity index (χ2n) is 4.86. The lowest BCUT2D eigenvalue weighted by Crippen LogP contribution is -1.94. The molecule has 0 aliphatic carbocycles. The first-order valence-corrected chi connectivity index (χ1v) is 7.47. The number of para-hydroxylation sites is 1. The molecule has 0 spiro atoms. The molecule has 3 aromatic rings. The zero-order chi connectivity index (χ0) is 14.8. The van der Waals surface area contributed by atoms with Crippen molar-refractivity contribution in [2.75, 3.05) is 0 Å². The second-order valence-corrected chi connectivity index (χ2v) is 5.95. The van der Waals surface area contributed by atoms with Crippen LogP contribution in [0.5, 0.6) is 0 Å². The van der Waals surface area contributed by atoms with E-state index in [-0.39, 0.29) is 0 Å². The van der Waals surface area contributed by atoms with Crippen LogP contribution in [-0.4, -0.2) is 10.1 Å². The third-order valence-electron chi connectivity index (χ3n) is 3.32. The number of hydrogen-bond donors (Lipinski definition) is 2. The predicted molar refractivity (Wildman–Crippen MR) is 84.2 cm³/mol. The Kier molecular flexibility index (Phi) is 3.70. The van der Waals surface area contributed by atoms with E-state index in [1.54, 1.807) is 13.0 Å². The minimum absolute atomic E-state index is 0.565. The van der Waals surface area contributed by atoms with Crippen LogP contribution in [0.25, 0.3) is 10.9 Å². The van der Waals surface area contributed by atoms with Crippen LogP contribution in [0.2, 0.25) is 0 Å². The number of nitrogens with one attached hydrogen (secondary N) is 1. The van der Waals surface area contributed by atoms with Gasteiger partial charge in [-0.15, -0.1) is 0 Å². The molecule has 0 radical (unpaired) electrons. The van der Waals surface area contributed by atoms with Gasteiger partial charge in [0.05, 0.1) is 22.8 Å². The molecule has 0 saturated carbocycles. The lowest BCUT2D eigenvalue weighted by Gasteiger charge is -2.11. The number of rotatable bonds is 3. The topological polar surface area (TPSA) is 59.8 Å². The van der Waals surface area contributed by atoms with Crippen molar-refractivity contribution in [3.8, 4) is 6.07 Å². The van der Waals surface area contributed by atoms with Crippen LogP contribution in [0.4, 0.5) is 0 Å². The molecule has 0 aliphatic heterocycles. The number of benzene rings is 2. The smallest absolute Gasteiger partial charge is 0.0992 e. The Balaban J connectivity index is 2.01. The maximum atomic E-state index is 9.88. The van der Waals surface area contributed by atoms with Crippen LogP contribution in [0.3, 0.4) is 0 Å². The van der Waals surface area contributed by atoms with Crippen LogP contribution in [0, 0.1) is 11.3 Å². The monoisotopic (exact) mass is 294 g/mol. The summed E-state index contributed by atoms with van der Waals surface area (Å²) in [6.07, 6.45) is -0.565. The Morgan fingerprint density at radius 2 is 2.00 bits per heavy atom. The number of hydrogen-bond acceptors (Lipinski definition) is 3. The zero-order valence-corrected chi connectivity index (χ0v) is 12.3. The van der Waals surface area contributed by atoms with Crippen molar-refractivity contribution in [1.82, 2.24) is 4.98 Å². The highest BCUT2D eigenvalue weighted by atomic mass is 32.2. The second kappa shape index (κ2) is 5.65. The Labute approximate surface area is 127 Å². The largest absolute Gasteiger partial charge is 0.389 e. The molecule has 0 unspecified atom stereocenters. The first-order valence-electron chi connectivity index (χ1n) is 6.65. The molecule has 0 amide bonds. The zero-order valence-electron chi connectivity index (χ0n) is 11.5. The average molecular weight is 294 g/mol. The maximum absolute atomic E-state index is 9.88. The number of aliphatic hydroxyl groups is 1. The highest BCUT2D eigenvalue weighted by molar-refractivity contribution is 7.99. The standard InChI is InChI=1S/C17H14N2OS/c1-11(20)14-7-6-12(10-18)8-16(14)21-17-9-13-4-2-3-5-15(13)19-17/h2-9,11,19-20H,1H3/t11-/m1/s1. The quantitative estimate of drug-likeness (QED) is 0.759. The normalized spacial score (nSPS) is 12.2. The molecule has 1 heterocycles. The van der Waals surface area contributed by atoms with Gasteiger partial charge in [0.25, 0.3) is 0 Å². The molecule has 3 nitrogen and oxygen atoms in total. The molecule has 3 rings (SSSR count). The lowest BCUT2D eigenvalue weighted by atomic mass is 10.1. The summed E-state index contributed by atoms with van der Waals surface area (Å²) in [6, 6.07) is 17.7. The number of aliphatic hydroxyl groups excluding tert-OH is 1. The van der Waals surface area contributed by atoms with Crippen LogP contribution < -0.4 is 0 Å². The van der Waals surface area contributed by atoms with Crippen LogP contribution in [-0.2, 0) is 0 Å². The first kappa shape index (κ1) is 13.7. The fourth-order valence-electron chi connectivity index (χ4n) is 2.26. The minimum atomic E-state index is -0.565. The summed E-state index contributed by atoms with van der Waals surface area (Å²) in [5.41, 5.74) is 2.51. The third kappa shape index (κ3) is 2.80. The molecule has 0 fully saturated rings. The van der Waals surface area contributed by atoms with E-state index in [0.717, 1.165) is 26.4 Å². The molecular weight excluding hydrogens is 280 g/mol. The van der Waals surface area contributed by atoms with Gasteiger partial charge in [0.15, 0.2) is 0 Å². The van der Waals surface area contributed by atoms with E-state index in [1.807, 2.05) is 30.3 Å². The Morgan fingerprint density at radius 1 is 1.19 bits per heavy atom. The highest BCUT2D eigenvalue weighted by Gasteiger charge is 2.11. The fraction of sp³-hybridized carbons (Fsp3) is 0.118. The molecule has 4 heteroatoms. The predicted octanol–water partition coefficient (Wildman–Crippen LogP) is 4.24. The molecule has 1 aromatic heterocycles. The van der Waals surface area contributed by atoms with Gasteiger partial charge < -0.3 is 10.1 Å². The number of H-pyrrole nitrogens is 1. The van der Waals surface area contributed by atoms with Gasteiger partial charge in [0.2, 0.25) is 0 Å². The van der Waals surface area contributed by atoms with Gasteiger partial charge in [-0.25, -0.2) is 0 Å². The summed E-state index contributed by atoms with van der Waals surface area (Å²) in [5.74, 6) is 0. The molecule has 2 aromatic carbocycles. The maximum Gasteiger partial charge on any atom is 0.0992 e. The summed E-state index contributed by atoms with van der Waals surface area (Å²) < 4.78 is 0. The lowest BCUT2D eigenvalue weighted by molar-refractivity contribution is 0.196. The molecule has 2 N–H and O–H groups in total. The Hall–Kier alpha value is -2.22. The van der Waals surface area contributed by atoms with Crippen molar-refractivity contribution in [1.29, 1.82) is 5.26 Å². The van der Waals surface area contributed by atoms with Crippen LogP contribution in [0.1, 0.15) is 24.2 Å². The van der Waals surface area contributed by atoms with Crippen molar-refractivity contribution in [2.24, 2.45) is 0 Å². The summed E-state index contributed by atoms with van der Waals surface area (Å²) in [4.78, 5) is 4.24. The van der Waals surface area contributed by atoms with E-state index in [2.05, 4.69) is 23.2 Å². The van der Waals surface area contributed by atoms with Gasteiger partial charge in [-0.2, -0.15) is 5.26 Å². The van der Waals surface area contributed by atoms with Crippen molar-refractivity contribution >= 4 is 22.7 Å². The van der Waals surface area contributed by atoms with Crippen molar-refractivity contribution < 1.29 is 5.11 Å². The molecule has 21 heavy (non-hydrogen) atoms. The summed E-state index contributed by atoms with van der Waals surface area (Å²) in [6.45, 7) is 1.73. The fourth-order valence-corrected chi connectivity index (χ4v) is 3.38. The van der Waals surface area contributed by atoms with Gasteiger partial charge in [0.1, 0.15) is 0 Å². The summed E-state index contributed by atoms with van der Waals surface area (Å²) in [5, 5.41) is 21.1. The minimum Gasteiger partial charge on any atom is -0.389 e. The average Bonchev–Trinajstić information content (AvgIpc) is 2.89. The van der Waals surface area contributed by atoms with Crippen molar-refractivity contribution in [3.63, 3.8) is 0 Å². The van der Waals surface area contributed by atoms with Gasteiger partial charge in [-0.3, -0.25) is 0 Å². The third-order valence-corrected chi connectivity index (χ3v) is 4.33. The van der Waals surface area contributed by atoms with Crippen molar-refractivity contribution in [3.05, 3.63) is 59.7 Å². The van der Waals surface area contributed by atoms with E-state index < -0.39 is 6.10 Å². The van der Waals surface area contributed by atoms with Gasteiger partial charge in [-0.1, -0.05) is 36.0 Å². The Bertz CT molecular complexity index is 797. The molecule has 0 bridgehead atoms. The number of aromatic amines is 1. The van der Waals surface area contributed by atoms with Crippen LogP contribution >= 0.6 is 11.8 Å². The van der Waals surface area contributed by atoms with Gasteiger partial charge in [0, 0.05) is 15.8 Å². The highest BCUT2D eigenvalue weighted by Crippen LogP contribution is 2.35.